The molecule has 0 aliphatic heterocycles. The Morgan fingerprint density at radius 3 is 2.62 bits per heavy atom. The number of hydrogen-bond acceptors (Lipinski definition) is 1. The van der Waals surface area contributed by atoms with Crippen LogP contribution in [0.3, 0.4) is 0 Å². The Balaban J connectivity index is 2.66. The van der Waals surface area contributed by atoms with E-state index in [2.05, 4.69) is 11.9 Å². The Hall–Kier alpha value is -1.28. The van der Waals surface area contributed by atoms with Gasteiger partial charge in [0.05, 0.1) is 0 Å². The van der Waals surface area contributed by atoms with Crippen LogP contribution in [0.2, 0.25) is 5.02 Å². The van der Waals surface area contributed by atoms with Crippen LogP contribution in [0.5, 0.6) is 0 Å². The smallest absolute Gasteiger partial charge is 0.251 e. The number of benzene rings is 1. The van der Waals surface area contributed by atoms with Crippen molar-refractivity contribution in [1.82, 2.24) is 5.32 Å². The first kappa shape index (κ1) is 9.81. The van der Waals surface area contributed by atoms with Crippen LogP contribution in [0, 0.1) is 0 Å². The van der Waals surface area contributed by atoms with Crippen LogP contribution in [0.4, 0.5) is 0 Å². The molecule has 0 aromatic heterocycles. The summed E-state index contributed by atoms with van der Waals surface area (Å²) in [6.45, 7) is 3.98. The van der Waals surface area contributed by atoms with Crippen molar-refractivity contribution in [1.29, 1.82) is 0 Å². The molecule has 2 nitrogen and oxygen atoms in total. The lowest BCUT2D eigenvalue weighted by Crippen LogP contribution is -2.22. The van der Waals surface area contributed by atoms with Crippen molar-refractivity contribution < 1.29 is 4.79 Å². The molecule has 1 N–H and O–H groups in total. The summed E-state index contributed by atoms with van der Waals surface area (Å²) in [6.07, 6.45) is 1.63. The molecule has 0 aliphatic rings. The third kappa shape index (κ3) is 2.92. The zero-order valence-electron chi connectivity index (χ0n) is 7.09. The maximum Gasteiger partial charge on any atom is 0.251 e. The minimum atomic E-state index is -0.114. The molecule has 0 unspecified atom stereocenters. The standard InChI is InChI=1S/C10H10ClNO/c1-2-7-12-10(13)8-3-5-9(11)6-4-8/h2-6H,1,7H2,(H,12,13). The van der Waals surface area contributed by atoms with E-state index < -0.39 is 0 Å². The average Bonchev–Trinajstić information content (AvgIpc) is 2.15. The van der Waals surface area contributed by atoms with Crippen molar-refractivity contribution in [3.63, 3.8) is 0 Å². The number of amides is 1. The molecule has 0 aliphatic carbocycles. The summed E-state index contributed by atoms with van der Waals surface area (Å²) in [5.74, 6) is -0.114. The summed E-state index contributed by atoms with van der Waals surface area (Å²) >= 11 is 5.67. The second kappa shape index (κ2) is 4.67. The van der Waals surface area contributed by atoms with Gasteiger partial charge in [0.15, 0.2) is 0 Å². The van der Waals surface area contributed by atoms with Gasteiger partial charge in [-0.1, -0.05) is 17.7 Å². The zero-order chi connectivity index (χ0) is 9.68. The second-order valence-corrected chi connectivity index (χ2v) is 2.94. The van der Waals surface area contributed by atoms with Gasteiger partial charge in [-0.25, -0.2) is 0 Å². The number of hydrogen-bond donors (Lipinski definition) is 1. The van der Waals surface area contributed by atoms with Gasteiger partial charge in [0.1, 0.15) is 0 Å². The van der Waals surface area contributed by atoms with Crippen molar-refractivity contribution in [3.05, 3.63) is 47.5 Å². The highest BCUT2D eigenvalue weighted by Gasteiger charge is 2.02. The Kier molecular flexibility index (Phi) is 3.53. The van der Waals surface area contributed by atoms with E-state index in [4.69, 9.17) is 11.6 Å². The molecule has 1 rings (SSSR count). The van der Waals surface area contributed by atoms with Crippen molar-refractivity contribution >= 4 is 17.5 Å². The van der Waals surface area contributed by atoms with E-state index in [0.29, 0.717) is 17.1 Å². The minimum absolute atomic E-state index is 0.114. The third-order valence-electron chi connectivity index (χ3n) is 1.51. The number of rotatable bonds is 3. The lowest BCUT2D eigenvalue weighted by atomic mass is 10.2. The maximum atomic E-state index is 11.3. The number of carbonyl (C=O) groups is 1. The van der Waals surface area contributed by atoms with Gasteiger partial charge in [0.25, 0.3) is 5.91 Å². The van der Waals surface area contributed by atoms with E-state index in [1.54, 1.807) is 30.3 Å². The Morgan fingerprint density at radius 1 is 1.46 bits per heavy atom. The van der Waals surface area contributed by atoms with Gasteiger partial charge in [0, 0.05) is 17.1 Å². The molecule has 0 heterocycles. The van der Waals surface area contributed by atoms with E-state index in [1.165, 1.54) is 0 Å². The Morgan fingerprint density at radius 2 is 2.08 bits per heavy atom. The molecule has 0 fully saturated rings. The van der Waals surface area contributed by atoms with Crippen LogP contribution < -0.4 is 5.32 Å². The van der Waals surface area contributed by atoms with Crippen molar-refractivity contribution in [2.24, 2.45) is 0 Å². The highest BCUT2D eigenvalue weighted by molar-refractivity contribution is 6.30. The molecule has 0 bridgehead atoms. The first-order chi connectivity index (χ1) is 6.24. The molecule has 13 heavy (non-hydrogen) atoms. The number of halogens is 1. The lowest BCUT2D eigenvalue weighted by molar-refractivity contribution is 0.0958. The highest BCUT2D eigenvalue weighted by atomic mass is 35.5. The van der Waals surface area contributed by atoms with Gasteiger partial charge in [-0.15, -0.1) is 6.58 Å². The van der Waals surface area contributed by atoms with E-state index in [0.717, 1.165) is 0 Å². The Bertz CT molecular complexity index is 305. The highest BCUT2D eigenvalue weighted by Crippen LogP contribution is 2.08. The van der Waals surface area contributed by atoms with Crippen molar-refractivity contribution in [2.45, 2.75) is 0 Å². The van der Waals surface area contributed by atoms with Crippen LogP contribution in [0.1, 0.15) is 10.4 Å². The van der Waals surface area contributed by atoms with Crippen LogP contribution in [-0.4, -0.2) is 12.5 Å². The fourth-order valence-electron chi connectivity index (χ4n) is 0.868. The average molecular weight is 196 g/mol. The van der Waals surface area contributed by atoms with Crippen LogP contribution in [0.15, 0.2) is 36.9 Å². The van der Waals surface area contributed by atoms with Gasteiger partial charge in [0.2, 0.25) is 0 Å². The van der Waals surface area contributed by atoms with Gasteiger partial charge in [-0.3, -0.25) is 4.79 Å². The molecule has 0 spiro atoms. The Labute approximate surface area is 82.2 Å². The molecule has 1 aromatic carbocycles. The van der Waals surface area contributed by atoms with E-state index in [-0.39, 0.29) is 5.91 Å². The third-order valence-corrected chi connectivity index (χ3v) is 1.77. The quantitative estimate of drug-likeness (QED) is 0.737. The van der Waals surface area contributed by atoms with E-state index in [9.17, 15) is 4.79 Å². The van der Waals surface area contributed by atoms with Gasteiger partial charge < -0.3 is 5.32 Å². The van der Waals surface area contributed by atoms with Crippen molar-refractivity contribution in [2.75, 3.05) is 6.54 Å². The monoisotopic (exact) mass is 195 g/mol. The molecule has 0 saturated carbocycles. The molecule has 1 aromatic rings. The zero-order valence-corrected chi connectivity index (χ0v) is 7.84. The number of carbonyl (C=O) groups excluding carboxylic acids is 1. The van der Waals surface area contributed by atoms with E-state index >= 15 is 0 Å². The minimum Gasteiger partial charge on any atom is -0.349 e. The summed E-state index contributed by atoms with van der Waals surface area (Å²) in [5, 5.41) is 3.29. The predicted molar refractivity (Wildman–Crippen MR) is 54.0 cm³/mol. The first-order valence-electron chi connectivity index (χ1n) is 3.88. The largest absolute Gasteiger partial charge is 0.349 e. The van der Waals surface area contributed by atoms with Gasteiger partial charge in [-0.05, 0) is 24.3 Å². The fourth-order valence-corrected chi connectivity index (χ4v) is 0.994. The fraction of sp³-hybridized carbons (Fsp3) is 0.100. The predicted octanol–water partition coefficient (Wildman–Crippen LogP) is 2.26. The summed E-state index contributed by atoms with van der Waals surface area (Å²) < 4.78 is 0. The molecule has 3 heteroatoms. The molecule has 0 radical (unpaired) electrons. The topological polar surface area (TPSA) is 29.1 Å². The molecule has 0 atom stereocenters. The number of nitrogens with one attached hydrogen (secondary N) is 1. The van der Waals surface area contributed by atoms with E-state index in [1.807, 2.05) is 0 Å². The molecule has 0 saturated heterocycles. The summed E-state index contributed by atoms with van der Waals surface area (Å²) in [4.78, 5) is 11.3. The molecule has 1 amide bonds. The first-order valence-corrected chi connectivity index (χ1v) is 4.26. The summed E-state index contributed by atoms with van der Waals surface area (Å²) in [6, 6.07) is 6.73. The SMILES string of the molecule is C=CCNC(=O)c1ccc(Cl)cc1. The van der Waals surface area contributed by atoms with Crippen molar-refractivity contribution in [3.8, 4) is 0 Å². The lowest BCUT2D eigenvalue weighted by Gasteiger charge is -2.01. The second-order valence-electron chi connectivity index (χ2n) is 2.51. The molecule has 68 valence electrons. The summed E-state index contributed by atoms with van der Waals surface area (Å²) in [7, 11) is 0. The van der Waals surface area contributed by atoms with Crippen LogP contribution >= 0.6 is 11.6 Å². The van der Waals surface area contributed by atoms with Crippen LogP contribution in [-0.2, 0) is 0 Å². The van der Waals surface area contributed by atoms with Gasteiger partial charge >= 0.3 is 0 Å². The normalized spacial score (nSPS) is 9.31. The summed E-state index contributed by atoms with van der Waals surface area (Å²) in [5.41, 5.74) is 0.603. The van der Waals surface area contributed by atoms with Gasteiger partial charge in [-0.2, -0.15) is 0 Å². The maximum absolute atomic E-state index is 11.3. The molecular formula is C10H10ClNO. The molecular weight excluding hydrogens is 186 g/mol. The van der Waals surface area contributed by atoms with Crippen LogP contribution in [0.25, 0.3) is 0 Å².